The van der Waals surface area contributed by atoms with Crippen LogP contribution in [0.25, 0.3) is 11.3 Å². The molecule has 4 rings (SSSR count). The number of ether oxygens (including phenoxy) is 1. The highest BCUT2D eigenvalue weighted by Gasteiger charge is 2.43. The van der Waals surface area contributed by atoms with Crippen molar-refractivity contribution in [1.82, 2.24) is 9.55 Å². The van der Waals surface area contributed by atoms with Gasteiger partial charge in [-0.05, 0) is 38.2 Å². The van der Waals surface area contributed by atoms with E-state index in [0.717, 1.165) is 61.8 Å². The first-order chi connectivity index (χ1) is 15.1. The molecule has 31 heavy (non-hydrogen) atoms. The zero-order valence-corrected chi connectivity index (χ0v) is 19.4. The fraction of sp³-hybridized carbons (Fsp3) is 0.560. The van der Waals surface area contributed by atoms with Crippen LogP contribution in [0.5, 0.6) is 0 Å². The number of aromatic nitrogens is 2. The Morgan fingerprint density at radius 3 is 2.71 bits per heavy atom. The van der Waals surface area contributed by atoms with Gasteiger partial charge in [0, 0.05) is 17.5 Å². The van der Waals surface area contributed by atoms with Gasteiger partial charge in [0.05, 0.1) is 23.6 Å². The van der Waals surface area contributed by atoms with Gasteiger partial charge in [-0.15, -0.1) is 0 Å². The highest BCUT2D eigenvalue weighted by atomic mass is 32.2. The SMILES string of the molecule is CCCCn1c(SCC(=O)OCC)nc2c(c1=O)C1(CCCCC1)Cc1ccccc1-2. The number of hydrogen-bond acceptors (Lipinski definition) is 5. The molecule has 0 aliphatic heterocycles. The molecule has 1 aromatic heterocycles. The Bertz CT molecular complexity index is 1010. The summed E-state index contributed by atoms with van der Waals surface area (Å²) in [5.41, 5.74) is 4.11. The van der Waals surface area contributed by atoms with Gasteiger partial charge in [0.2, 0.25) is 0 Å². The van der Waals surface area contributed by atoms with Crippen molar-refractivity contribution >= 4 is 17.7 Å². The number of rotatable bonds is 7. The molecule has 2 aliphatic rings. The Hall–Kier alpha value is -2.08. The molecular formula is C25H32N2O3S. The van der Waals surface area contributed by atoms with Gasteiger partial charge in [0.25, 0.3) is 5.56 Å². The van der Waals surface area contributed by atoms with Crippen molar-refractivity contribution in [3.05, 3.63) is 45.7 Å². The number of nitrogens with zero attached hydrogens (tertiary/aromatic N) is 2. The van der Waals surface area contributed by atoms with E-state index in [1.54, 1.807) is 6.92 Å². The molecule has 5 nitrogen and oxygen atoms in total. The molecule has 2 aliphatic carbocycles. The van der Waals surface area contributed by atoms with Crippen LogP contribution >= 0.6 is 11.8 Å². The highest BCUT2D eigenvalue weighted by molar-refractivity contribution is 7.99. The third-order valence-electron chi connectivity index (χ3n) is 6.64. The van der Waals surface area contributed by atoms with Crippen LogP contribution in [-0.4, -0.2) is 27.9 Å². The lowest BCUT2D eigenvalue weighted by Gasteiger charge is -2.42. The zero-order chi connectivity index (χ0) is 21.8. The van der Waals surface area contributed by atoms with Crippen LogP contribution in [0.4, 0.5) is 0 Å². The second kappa shape index (κ2) is 9.60. The van der Waals surface area contributed by atoms with Gasteiger partial charge < -0.3 is 4.74 Å². The smallest absolute Gasteiger partial charge is 0.316 e. The largest absolute Gasteiger partial charge is 0.465 e. The van der Waals surface area contributed by atoms with E-state index in [9.17, 15) is 9.59 Å². The lowest BCUT2D eigenvalue weighted by Crippen LogP contribution is -2.43. The molecule has 0 unspecified atom stereocenters. The Kier molecular flexibility index (Phi) is 6.85. The minimum atomic E-state index is -0.273. The average Bonchev–Trinajstić information content (AvgIpc) is 2.77. The maximum Gasteiger partial charge on any atom is 0.316 e. The lowest BCUT2D eigenvalue weighted by atomic mass is 9.62. The summed E-state index contributed by atoms with van der Waals surface area (Å²) in [6, 6.07) is 8.38. The highest BCUT2D eigenvalue weighted by Crippen LogP contribution is 2.48. The fourth-order valence-corrected chi connectivity index (χ4v) is 5.99. The minimum absolute atomic E-state index is 0.0983. The van der Waals surface area contributed by atoms with Crippen molar-refractivity contribution in [1.29, 1.82) is 0 Å². The van der Waals surface area contributed by atoms with Crippen LogP contribution in [0.15, 0.2) is 34.2 Å². The first-order valence-corrected chi connectivity index (χ1v) is 12.6. The van der Waals surface area contributed by atoms with E-state index in [1.807, 2.05) is 10.6 Å². The van der Waals surface area contributed by atoms with E-state index >= 15 is 0 Å². The quantitative estimate of drug-likeness (QED) is 0.340. The predicted molar refractivity (Wildman–Crippen MR) is 125 cm³/mol. The molecule has 0 N–H and O–H groups in total. The number of fused-ring (bicyclic) bond motifs is 4. The van der Waals surface area contributed by atoms with Crippen molar-refractivity contribution in [2.45, 2.75) is 82.3 Å². The van der Waals surface area contributed by atoms with Crippen molar-refractivity contribution in [3.63, 3.8) is 0 Å². The van der Waals surface area contributed by atoms with Gasteiger partial charge in [-0.1, -0.05) is 68.6 Å². The number of benzene rings is 1. The molecule has 0 radical (unpaired) electrons. The van der Waals surface area contributed by atoms with Gasteiger partial charge in [-0.25, -0.2) is 4.98 Å². The fourth-order valence-electron chi connectivity index (χ4n) is 5.17. The first kappa shape index (κ1) is 22.1. The minimum Gasteiger partial charge on any atom is -0.465 e. The Morgan fingerprint density at radius 1 is 1.19 bits per heavy atom. The summed E-state index contributed by atoms with van der Waals surface area (Å²) in [6.07, 6.45) is 8.50. The Labute approximate surface area is 188 Å². The number of thioether (sulfide) groups is 1. The molecule has 2 aromatic rings. The van der Waals surface area contributed by atoms with E-state index in [-0.39, 0.29) is 22.7 Å². The van der Waals surface area contributed by atoms with Crippen LogP contribution in [0, 0.1) is 0 Å². The Balaban J connectivity index is 1.87. The average molecular weight is 441 g/mol. The van der Waals surface area contributed by atoms with Crippen molar-refractivity contribution in [2.75, 3.05) is 12.4 Å². The molecule has 6 heteroatoms. The molecule has 0 atom stereocenters. The van der Waals surface area contributed by atoms with E-state index < -0.39 is 0 Å². The van der Waals surface area contributed by atoms with E-state index in [4.69, 9.17) is 9.72 Å². The summed E-state index contributed by atoms with van der Waals surface area (Å²) in [5, 5.41) is 0.632. The monoisotopic (exact) mass is 440 g/mol. The third-order valence-corrected chi connectivity index (χ3v) is 7.59. The second-order valence-corrected chi connectivity index (χ2v) is 9.64. The maximum absolute atomic E-state index is 14.0. The number of esters is 1. The molecule has 0 bridgehead atoms. The molecule has 1 fully saturated rings. The molecule has 0 amide bonds. The van der Waals surface area contributed by atoms with Crippen molar-refractivity contribution in [3.8, 4) is 11.3 Å². The summed E-state index contributed by atoms with van der Waals surface area (Å²) >= 11 is 1.32. The summed E-state index contributed by atoms with van der Waals surface area (Å²) in [5.74, 6) is -0.108. The Morgan fingerprint density at radius 2 is 1.97 bits per heavy atom. The molecular weight excluding hydrogens is 408 g/mol. The maximum atomic E-state index is 14.0. The summed E-state index contributed by atoms with van der Waals surface area (Å²) in [4.78, 5) is 31.1. The molecule has 166 valence electrons. The van der Waals surface area contributed by atoms with Crippen molar-refractivity contribution in [2.24, 2.45) is 0 Å². The van der Waals surface area contributed by atoms with Gasteiger partial charge in [0.1, 0.15) is 0 Å². The molecule has 1 saturated carbocycles. The molecule has 1 heterocycles. The van der Waals surface area contributed by atoms with Gasteiger partial charge >= 0.3 is 5.97 Å². The number of unbranched alkanes of at least 4 members (excludes halogenated alkanes) is 1. The number of carbonyl (C=O) groups excluding carboxylic acids is 1. The van der Waals surface area contributed by atoms with Crippen LogP contribution in [-0.2, 0) is 27.9 Å². The predicted octanol–water partition coefficient (Wildman–Crippen LogP) is 5.12. The third kappa shape index (κ3) is 4.32. The van der Waals surface area contributed by atoms with Crippen LogP contribution < -0.4 is 5.56 Å². The number of carbonyl (C=O) groups is 1. The van der Waals surface area contributed by atoms with Crippen LogP contribution in [0.1, 0.15) is 69.9 Å². The summed E-state index contributed by atoms with van der Waals surface area (Å²) < 4.78 is 6.93. The van der Waals surface area contributed by atoms with E-state index in [1.165, 1.54) is 23.7 Å². The second-order valence-electron chi connectivity index (χ2n) is 8.70. The van der Waals surface area contributed by atoms with Gasteiger partial charge in [-0.3, -0.25) is 14.2 Å². The summed E-state index contributed by atoms with van der Waals surface area (Å²) in [7, 11) is 0. The van der Waals surface area contributed by atoms with E-state index in [2.05, 4.69) is 25.1 Å². The zero-order valence-electron chi connectivity index (χ0n) is 18.6. The molecule has 1 spiro atoms. The van der Waals surface area contributed by atoms with Gasteiger partial charge in [-0.2, -0.15) is 0 Å². The van der Waals surface area contributed by atoms with Gasteiger partial charge in [0.15, 0.2) is 5.16 Å². The normalized spacial score (nSPS) is 16.6. The standard InChI is InChI=1S/C25H32N2O3S/c1-3-5-15-27-23(29)21-22(26-24(27)31-17-20(28)30-4-2)19-12-8-7-11-18(19)16-25(21)13-9-6-10-14-25/h7-8,11-12H,3-6,9-10,13-17H2,1-2H3. The van der Waals surface area contributed by atoms with Crippen LogP contribution in [0.2, 0.25) is 0 Å². The molecule has 1 aromatic carbocycles. The van der Waals surface area contributed by atoms with Crippen molar-refractivity contribution < 1.29 is 9.53 Å². The first-order valence-electron chi connectivity index (χ1n) is 11.6. The topological polar surface area (TPSA) is 61.2 Å². The summed E-state index contributed by atoms with van der Waals surface area (Å²) in [6.45, 7) is 4.92. The lowest BCUT2D eigenvalue weighted by molar-refractivity contribution is -0.139. The van der Waals surface area contributed by atoms with Crippen LogP contribution in [0.3, 0.4) is 0 Å². The number of hydrogen-bond donors (Lipinski definition) is 0. The molecule has 0 saturated heterocycles. The van der Waals surface area contributed by atoms with E-state index in [0.29, 0.717) is 18.3 Å².